The minimum Gasteiger partial charge on any atom is -0.477 e. The number of aromatic carboxylic acids is 1. The summed E-state index contributed by atoms with van der Waals surface area (Å²) in [6.07, 6.45) is 4.20. The van der Waals surface area contributed by atoms with Crippen molar-refractivity contribution in [2.24, 2.45) is 0 Å². The Hall–Kier alpha value is -1.68. The zero-order valence-corrected chi connectivity index (χ0v) is 11.6. The predicted octanol–water partition coefficient (Wildman–Crippen LogP) is 3.56. The molecule has 0 saturated heterocycles. The van der Waals surface area contributed by atoms with Crippen molar-refractivity contribution in [1.82, 2.24) is 4.98 Å². The van der Waals surface area contributed by atoms with Crippen LogP contribution in [-0.2, 0) is 19.3 Å². The molecular weight excluding hydrogens is 258 g/mol. The van der Waals surface area contributed by atoms with Crippen molar-refractivity contribution < 1.29 is 9.90 Å². The maximum Gasteiger partial charge on any atom is 0.348 e. The topological polar surface area (TPSA) is 50.2 Å². The molecule has 3 rings (SSSR count). The van der Waals surface area contributed by atoms with E-state index in [2.05, 4.69) is 17.1 Å². The third-order valence-corrected chi connectivity index (χ3v) is 4.73. The Bertz CT molecular complexity index is 646. The average molecular weight is 273 g/mol. The third kappa shape index (κ3) is 2.16. The molecule has 1 aromatic heterocycles. The molecule has 0 amide bonds. The first kappa shape index (κ1) is 12.4. The van der Waals surface area contributed by atoms with Crippen LogP contribution in [0.5, 0.6) is 0 Å². The van der Waals surface area contributed by atoms with Gasteiger partial charge in [0.05, 0.1) is 10.7 Å². The number of benzene rings is 1. The Balaban J connectivity index is 2.10. The van der Waals surface area contributed by atoms with Crippen molar-refractivity contribution >= 4 is 17.3 Å². The summed E-state index contributed by atoms with van der Waals surface area (Å²) in [7, 11) is 0. The predicted molar refractivity (Wildman–Crippen MR) is 75.9 cm³/mol. The zero-order chi connectivity index (χ0) is 13.4. The second-order valence-electron chi connectivity index (χ2n) is 4.78. The van der Waals surface area contributed by atoms with E-state index in [1.165, 1.54) is 28.9 Å². The molecular formula is C15H15NO2S. The lowest BCUT2D eigenvalue weighted by Gasteiger charge is -2.03. The molecule has 0 aliphatic heterocycles. The van der Waals surface area contributed by atoms with Gasteiger partial charge in [0.2, 0.25) is 0 Å². The van der Waals surface area contributed by atoms with E-state index >= 15 is 0 Å². The first-order chi connectivity index (χ1) is 9.19. The molecule has 0 spiro atoms. The maximum absolute atomic E-state index is 11.3. The lowest BCUT2D eigenvalue weighted by Crippen LogP contribution is -1.96. The van der Waals surface area contributed by atoms with Crippen LogP contribution >= 0.6 is 11.3 Å². The number of carbonyl (C=O) groups is 1. The van der Waals surface area contributed by atoms with Crippen LogP contribution in [0.25, 0.3) is 11.3 Å². The van der Waals surface area contributed by atoms with Crippen molar-refractivity contribution in [3.8, 4) is 11.3 Å². The normalized spacial score (nSPS) is 13.5. The van der Waals surface area contributed by atoms with Crippen LogP contribution in [0.1, 0.15) is 39.2 Å². The monoisotopic (exact) mass is 273 g/mol. The van der Waals surface area contributed by atoms with Crippen molar-refractivity contribution in [2.45, 2.75) is 32.6 Å². The van der Waals surface area contributed by atoms with Gasteiger partial charge in [0.1, 0.15) is 4.88 Å². The van der Waals surface area contributed by atoms with Gasteiger partial charge >= 0.3 is 5.97 Å². The van der Waals surface area contributed by atoms with Crippen LogP contribution < -0.4 is 0 Å². The van der Waals surface area contributed by atoms with E-state index in [4.69, 9.17) is 0 Å². The van der Waals surface area contributed by atoms with Gasteiger partial charge < -0.3 is 5.11 Å². The van der Waals surface area contributed by atoms with Gasteiger partial charge in [0, 0.05) is 5.56 Å². The average Bonchev–Trinajstić information content (AvgIpc) is 3.04. The van der Waals surface area contributed by atoms with E-state index in [0.29, 0.717) is 10.6 Å². The van der Waals surface area contributed by atoms with E-state index < -0.39 is 5.97 Å². The SMILES string of the molecule is CCc1nc(-c2ccc3c(c2)CCC3)c(C(=O)O)s1. The molecule has 1 aliphatic carbocycles. The molecule has 0 atom stereocenters. The molecule has 0 bridgehead atoms. The van der Waals surface area contributed by atoms with Crippen molar-refractivity contribution in [3.63, 3.8) is 0 Å². The summed E-state index contributed by atoms with van der Waals surface area (Å²) >= 11 is 1.29. The number of carboxylic acid groups (broad SMARTS) is 1. The van der Waals surface area contributed by atoms with Gasteiger partial charge in [-0.25, -0.2) is 9.78 Å². The highest BCUT2D eigenvalue weighted by Gasteiger charge is 2.20. The number of hydrogen-bond acceptors (Lipinski definition) is 3. The summed E-state index contributed by atoms with van der Waals surface area (Å²) in [6, 6.07) is 6.24. The quantitative estimate of drug-likeness (QED) is 0.930. The van der Waals surface area contributed by atoms with Gasteiger partial charge in [-0.05, 0) is 42.9 Å². The van der Waals surface area contributed by atoms with Crippen LogP contribution in [0, 0.1) is 0 Å². The Morgan fingerprint density at radius 2 is 2.16 bits per heavy atom. The van der Waals surface area contributed by atoms with Gasteiger partial charge in [0.25, 0.3) is 0 Å². The van der Waals surface area contributed by atoms with Crippen molar-refractivity contribution in [1.29, 1.82) is 0 Å². The molecule has 0 unspecified atom stereocenters. The number of aryl methyl sites for hydroxylation is 3. The number of aromatic nitrogens is 1. The van der Waals surface area contributed by atoms with Crippen LogP contribution in [0.4, 0.5) is 0 Å². The van der Waals surface area contributed by atoms with Crippen LogP contribution in [0.3, 0.4) is 0 Å². The van der Waals surface area contributed by atoms with Crippen LogP contribution in [0.15, 0.2) is 18.2 Å². The van der Waals surface area contributed by atoms with Crippen LogP contribution in [-0.4, -0.2) is 16.1 Å². The first-order valence-corrected chi connectivity index (χ1v) is 7.36. The fraction of sp³-hybridized carbons (Fsp3) is 0.333. The molecule has 3 nitrogen and oxygen atoms in total. The molecule has 19 heavy (non-hydrogen) atoms. The largest absolute Gasteiger partial charge is 0.477 e. The number of thiazole rings is 1. The summed E-state index contributed by atoms with van der Waals surface area (Å²) in [6.45, 7) is 2.00. The molecule has 98 valence electrons. The van der Waals surface area contributed by atoms with E-state index in [1.807, 2.05) is 13.0 Å². The van der Waals surface area contributed by atoms with E-state index in [-0.39, 0.29) is 0 Å². The molecule has 1 N–H and O–H groups in total. The van der Waals surface area contributed by atoms with Gasteiger partial charge in [0.15, 0.2) is 0 Å². The molecule has 1 aliphatic rings. The molecule has 1 heterocycles. The minimum absolute atomic E-state index is 0.356. The summed E-state index contributed by atoms with van der Waals surface area (Å²) in [5, 5.41) is 10.2. The van der Waals surface area contributed by atoms with E-state index in [9.17, 15) is 9.90 Å². The van der Waals surface area contributed by atoms with Gasteiger partial charge in [-0.3, -0.25) is 0 Å². The highest BCUT2D eigenvalue weighted by Crippen LogP contribution is 2.32. The minimum atomic E-state index is -0.882. The number of fused-ring (bicyclic) bond motifs is 1. The Morgan fingerprint density at radius 1 is 1.37 bits per heavy atom. The Kier molecular flexibility index (Phi) is 3.11. The Labute approximate surface area is 115 Å². The van der Waals surface area contributed by atoms with Crippen molar-refractivity contribution in [3.05, 3.63) is 39.2 Å². The first-order valence-electron chi connectivity index (χ1n) is 6.54. The van der Waals surface area contributed by atoms with Crippen LogP contribution in [0.2, 0.25) is 0 Å². The standard InChI is InChI=1S/C15H15NO2S/c1-2-12-16-13(14(19-12)15(17)18)11-7-6-9-4-3-5-10(9)8-11/h6-8H,2-5H2,1H3,(H,17,18). The van der Waals surface area contributed by atoms with Crippen molar-refractivity contribution in [2.75, 3.05) is 0 Å². The number of carboxylic acids is 1. The summed E-state index contributed by atoms with van der Waals surface area (Å²) < 4.78 is 0. The summed E-state index contributed by atoms with van der Waals surface area (Å²) in [4.78, 5) is 16.2. The second-order valence-corrected chi connectivity index (χ2v) is 5.86. The molecule has 2 aromatic rings. The molecule has 0 saturated carbocycles. The second kappa shape index (κ2) is 4.78. The van der Waals surface area contributed by atoms with E-state index in [0.717, 1.165) is 29.8 Å². The van der Waals surface area contributed by atoms with Gasteiger partial charge in [-0.1, -0.05) is 19.1 Å². The molecule has 4 heteroatoms. The summed E-state index contributed by atoms with van der Waals surface area (Å²) in [5.41, 5.74) is 4.31. The third-order valence-electron chi connectivity index (χ3n) is 3.54. The highest BCUT2D eigenvalue weighted by molar-refractivity contribution is 7.14. The zero-order valence-electron chi connectivity index (χ0n) is 10.8. The van der Waals surface area contributed by atoms with Gasteiger partial charge in [-0.15, -0.1) is 11.3 Å². The maximum atomic E-state index is 11.3. The van der Waals surface area contributed by atoms with Gasteiger partial charge in [-0.2, -0.15) is 0 Å². The molecule has 0 radical (unpaired) electrons. The Morgan fingerprint density at radius 3 is 2.89 bits per heavy atom. The molecule has 1 aromatic carbocycles. The highest BCUT2D eigenvalue weighted by atomic mass is 32.1. The lowest BCUT2D eigenvalue weighted by atomic mass is 10.0. The number of nitrogens with zero attached hydrogens (tertiary/aromatic N) is 1. The fourth-order valence-corrected chi connectivity index (χ4v) is 3.44. The fourth-order valence-electron chi connectivity index (χ4n) is 2.58. The number of rotatable bonds is 3. The number of hydrogen-bond donors (Lipinski definition) is 1. The molecule has 0 fully saturated rings. The summed E-state index contributed by atoms with van der Waals surface area (Å²) in [5.74, 6) is -0.882. The van der Waals surface area contributed by atoms with E-state index in [1.54, 1.807) is 0 Å². The smallest absolute Gasteiger partial charge is 0.348 e. The lowest BCUT2D eigenvalue weighted by molar-refractivity contribution is 0.0702.